The maximum Gasteiger partial charge on any atom is 0.325 e. The Kier molecular flexibility index (Phi) is 7.37. The van der Waals surface area contributed by atoms with Crippen LogP contribution in [0, 0.1) is 12.7 Å². The predicted octanol–water partition coefficient (Wildman–Crippen LogP) is 1.61. The Labute approximate surface area is 123 Å². The summed E-state index contributed by atoms with van der Waals surface area (Å²) in [7, 11) is 2.59. The van der Waals surface area contributed by atoms with Crippen LogP contribution in [0.5, 0.6) is 5.75 Å². The molecule has 118 valence electrons. The Bertz CT molecular complexity index is 532. The first-order valence-corrected chi connectivity index (χ1v) is 6.42. The summed E-state index contributed by atoms with van der Waals surface area (Å²) in [5.74, 6) is -2.97. The number of carboxylic acids is 1. The molecule has 0 aromatic heterocycles. The zero-order valence-corrected chi connectivity index (χ0v) is 12.8. The van der Waals surface area contributed by atoms with Crippen LogP contribution < -0.4 is 15.8 Å². The smallest absolute Gasteiger partial charge is 0.325 e. The lowest BCUT2D eigenvalue weighted by Gasteiger charge is -2.18. The van der Waals surface area contributed by atoms with Gasteiger partial charge < -0.3 is 20.9 Å². The highest BCUT2D eigenvalue weighted by Crippen LogP contribution is 2.32. The van der Waals surface area contributed by atoms with Crippen molar-refractivity contribution in [3.05, 3.63) is 28.6 Å². The number of carbonyl (C=O) groups is 2. The van der Waals surface area contributed by atoms with E-state index in [0.29, 0.717) is 0 Å². The Hall–Kier alpha value is -2.15. The second-order valence-electron chi connectivity index (χ2n) is 3.87. The number of carboxylic acid groups (broad SMARTS) is 1. The number of amides is 1. The third-order valence-electron chi connectivity index (χ3n) is 2.79. The molecule has 0 saturated carbocycles. The van der Waals surface area contributed by atoms with Gasteiger partial charge in [0.15, 0.2) is 11.6 Å². The van der Waals surface area contributed by atoms with Crippen molar-refractivity contribution in [2.45, 2.75) is 26.8 Å². The van der Waals surface area contributed by atoms with Crippen molar-refractivity contribution in [3.63, 3.8) is 0 Å². The third-order valence-corrected chi connectivity index (χ3v) is 2.79. The van der Waals surface area contributed by atoms with Crippen LogP contribution in [-0.4, -0.2) is 31.1 Å². The standard InChI is InChI=1S/C12H15FN2O4.C2H6/c1-5-6(11(16)15-2)4-7(13)10(19-3)8(5)9(14)12(17)18;1-2/h4,9H,14H2,1-3H3,(H,15,16)(H,17,18);1-2H3. The third kappa shape index (κ3) is 3.91. The fourth-order valence-corrected chi connectivity index (χ4v) is 1.82. The number of nitrogens with one attached hydrogen (secondary N) is 1. The van der Waals surface area contributed by atoms with E-state index in [1.54, 1.807) is 0 Å². The summed E-state index contributed by atoms with van der Waals surface area (Å²) in [6.07, 6.45) is 0. The van der Waals surface area contributed by atoms with Gasteiger partial charge in [-0.2, -0.15) is 0 Å². The molecule has 1 rings (SSSR count). The predicted molar refractivity (Wildman–Crippen MR) is 77.0 cm³/mol. The zero-order valence-electron chi connectivity index (χ0n) is 12.8. The number of aliphatic carboxylic acids is 1. The van der Waals surface area contributed by atoms with Crippen molar-refractivity contribution in [1.82, 2.24) is 5.32 Å². The maximum atomic E-state index is 13.9. The van der Waals surface area contributed by atoms with E-state index < -0.39 is 23.7 Å². The molecule has 1 amide bonds. The summed E-state index contributed by atoms with van der Waals surface area (Å²) in [5.41, 5.74) is 5.76. The molecule has 0 radical (unpaired) electrons. The van der Waals surface area contributed by atoms with Crippen molar-refractivity contribution in [2.75, 3.05) is 14.2 Å². The molecule has 0 heterocycles. The molecule has 0 spiro atoms. The number of methoxy groups -OCH3 is 1. The minimum Gasteiger partial charge on any atom is -0.493 e. The topological polar surface area (TPSA) is 102 Å². The molecule has 0 aliphatic heterocycles. The number of ether oxygens (including phenoxy) is 1. The first-order valence-electron chi connectivity index (χ1n) is 6.42. The fourth-order valence-electron chi connectivity index (χ4n) is 1.82. The average molecular weight is 300 g/mol. The molecule has 6 nitrogen and oxygen atoms in total. The molecule has 0 aliphatic rings. The summed E-state index contributed by atoms with van der Waals surface area (Å²) in [5, 5.41) is 11.3. The van der Waals surface area contributed by atoms with Crippen LogP contribution >= 0.6 is 0 Å². The first-order chi connectivity index (χ1) is 9.84. The van der Waals surface area contributed by atoms with Crippen molar-refractivity contribution in [1.29, 1.82) is 0 Å². The number of nitrogens with two attached hydrogens (primary N) is 1. The molecule has 0 aliphatic carbocycles. The molecule has 0 fully saturated rings. The van der Waals surface area contributed by atoms with Crippen LogP contribution in [0.25, 0.3) is 0 Å². The van der Waals surface area contributed by atoms with E-state index in [9.17, 15) is 14.0 Å². The molecular weight excluding hydrogens is 279 g/mol. The van der Waals surface area contributed by atoms with E-state index in [-0.39, 0.29) is 22.4 Å². The summed E-state index contributed by atoms with van der Waals surface area (Å²) >= 11 is 0. The van der Waals surface area contributed by atoms with Crippen LogP contribution in [0.4, 0.5) is 4.39 Å². The van der Waals surface area contributed by atoms with Gasteiger partial charge in [-0.3, -0.25) is 9.59 Å². The molecule has 7 heteroatoms. The minimum atomic E-state index is -1.48. The Balaban J connectivity index is 0.00000191. The molecule has 1 aromatic carbocycles. The van der Waals surface area contributed by atoms with Crippen LogP contribution in [0.2, 0.25) is 0 Å². The summed E-state index contributed by atoms with van der Waals surface area (Å²) in [4.78, 5) is 22.6. The molecule has 0 bridgehead atoms. The number of hydrogen-bond donors (Lipinski definition) is 3. The van der Waals surface area contributed by atoms with Crippen molar-refractivity contribution in [2.24, 2.45) is 5.73 Å². The van der Waals surface area contributed by atoms with E-state index in [2.05, 4.69) is 5.32 Å². The van der Waals surface area contributed by atoms with Crippen LogP contribution in [0.3, 0.4) is 0 Å². The number of rotatable bonds is 4. The van der Waals surface area contributed by atoms with Gasteiger partial charge in [-0.05, 0) is 18.6 Å². The number of halogens is 1. The maximum absolute atomic E-state index is 13.9. The van der Waals surface area contributed by atoms with Crippen LogP contribution in [0.15, 0.2) is 6.07 Å². The second kappa shape index (κ2) is 8.21. The van der Waals surface area contributed by atoms with E-state index in [0.717, 1.165) is 6.07 Å². The van der Waals surface area contributed by atoms with Crippen LogP contribution in [0.1, 0.15) is 41.4 Å². The summed E-state index contributed by atoms with van der Waals surface area (Å²) in [6, 6.07) is -0.487. The number of benzene rings is 1. The van der Waals surface area contributed by atoms with E-state index >= 15 is 0 Å². The minimum absolute atomic E-state index is 0.0208. The van der Waals surface area contributed by atoms with Crippen molar-refractivity contribution in [3.8, 4) is 5.75 Å². The normalized spacial score (nSPS) is 11.0. The van der Waals surface area contributed by atoms with Gasteiger partial charge in [-0.1, -0.05) is 13.8 Å². The Morgan fingerprint density at radius 1 is 1.43 bits per heavy atom. The van der Waals surface area contributed by atoms with Crippen molar-refractivity contribution < 1.29 is 23.8 Å². The fraction of sp³-hybridized carbons (Fsp3) is 0.429. The molecule has 21 heavy (non-hydrogen) atoms. The molecule has 0 saturated heterocycles. The molecular formula is C14H21FN2O4. The molecule has 1 unspecified atom stereocenters. The lowest BCUT2D eigenvalue weighted by molar-refractivity contribution is -0.138. The van der Waals surface area contributed by atoms with Gasteiger partial charge in [-0.15, -0.1) is 0 Å². The lowest BCUT2D eigenvalue weighted by atomic mass is 9.95. The Morgan fingerprint density at radius 3 is 2.33 bits per heavy atom. The van der Waals surface area contributed by atoms with Gasteiger partial charge in [0.05, 0.1) is 7.11 Å². The monoisotopic (exact) mass is 300 g/mol. The highest BCUT2D eigenvalue weighted by atomic mass is 19.1. The SMILES string of the molecule is CC.CNC(=O)c1cc(F)c(OC)c(C(N)C(=O)O)c1C. The Morgan fingerprint density at radius 2 is 1.95 bits per heavy atom. The van der Waals surface area contributed by atoms with Gasteiger partial charge in [0.1, 0.15) is 6.04 Å². The molecule has 1 atom stereocenters. The van der Waals surface area contributed by atoms with Gasteiger partial charge in [0.25, 0.3) is 5.91 Å². The average Bonchev–Trinajstić information content (AvgIpc) is 2.49. The van der Waals surface area contributed by atoms with E-state index in [1.807, 2.05) is 13.8 Å². The van der Waals surface area contributed by atoms with E-state index in [1.165, 1.54) is 21.1 Å². The van der Waals surface area contributed by atoms with Gasteiger partial charge in [0.2, 0.25) is 0 Å². The zero-order chi connectivity index (χ0) is 16.7. The first kappa shape index (κ1) is 18.9. The highest BCUT2D eigenvalue weighted by Gasteiger charge is 2.27. The largest absolute Gasteiger partial charge is 0.493 e. The highest BCUT2D eigenvalue weighted by molar-refractivity contribution is 5.96. The lowest BCUT2D eigenvalue weighted by Crippen LogP contribution is -2.26. The number of carbonyl (C=O) groups excluding carboxylic acids is 1. The van der Waals surface area contributed by atoms with Crippen molar-refractivity contribution >= 4 is 11.9 Å². The molecule has 4 N–H and O–H groups in total. The number of hydrogen-bond acceptors (Lipinski definition) is 4. The van der Waals surface area contributed by atoms with Crippen LogP contribution in [-0.2, 0) is 4.79 Å². The molecule has 1 aromatic rings. The van der Waals surface area contributed by atoms with Gasteiger partial charge in [-0.25, -0.2) is 4.39 Å². The quantitative estimate of drug-likeness (QED) is 0.784. The summed E-state index contributed by atoms with van der Waals surface area (Å²) in [6.45, 7) is 5.49. The van der Waals surface area contributed by atoms with Gasteiger partial charge >= 0.3 is 5.97 Å². The van der Waals surface area contributed by atoms with Gasteiger partial charge in [0, 0.05) is 18.2 Å². The van der Waals surface area contributed by atoms with E-state index in [4.69, 9.17) is 15.6 Å². The summed E-state index contributed by atoms with van der Waals surface area (Å²) < 4.78 is 18.7. The second-order valence-corrected chi connectivity index (χ2v) is 3.87.